The number of hydrogen-bond acceptors (Lipinski definition) is 7. The van der Waals surface area contributed by atoms with E-state index in [4.69, 9.17) is 14.7 Å². The number of H-pyrrole nitrogens is 2. The minimum Gasteiger partial charge on any atom is -0.465 e. The van der Waals surface area contributed by atoms with Crippen LogP contribution in [0, 0.1) is 11.8 Å². The molecule has 5 N–H and O–H groups in total. The van der Waals surface area contributed by atoms with Gasteiger partial charge in [0, 0.05) is 18.8 Å². The number of hydrogen-bond donors (Lipinski definition) is 5. The van der Waals surface area contributed by atoms with E-state index in [1.165, 1.54) is 44.8 Å². The lowest BCUT2D eigenvalue weighted by molar-refractivity contribution is -0.136. The number of likely N-dealkylation sites (tertiary alicyclic amines) is 2. The molecule has 5 heterocycles. The lowest BCUT2D eigenvalue weighted by atomic mass is 9.84. The van der Waals surface area contributed by atoms with Gasteiger partial charge in [0.15, 0.2) is 0 Å². The maximum atomic E-state index is 13.8. The van der Waals surface area contributed by atoms with Gasteiger partial charge in [0.2, 0.25) is 11.8 Å². The predicted molar refractivity (Wildman–Crippen MR) is 269 cm³/mol. The number of alkyl carbamates (subject to hydrolysis) is 1. The summed E-state index contributed by atoms with van der Waals surface area (Å²) in [6, 6.07) is 28.4. The summed E-state index contributed by atoms with van der Waals surface area (Å²) in [4.78, 5) is 71.1. The number of carbonyl (C=O) groups is 4. The van der Waals surface area contributed by atoms with Crippen molar-refractivity contribution in [3.05, 3.63) is 115 Å². The van der Waals surface area contributed by atoms with Crippen molar-refractivity contribution in [2.75, 3.05) is 20.2 Å². The average molecular weight is 948 g/mol. The molecule has 4 amide bonds. The molecule has 3 aromatic carbocycles. The molecule has 3 aliphatic rings. The Bertz CT molecular complexity index is 2780. The summed E-state index contributed by atoms with van der Waals surface area (Å²) in [5, 5.41) is 14.6. The van der Waals surface area contributed by atoms with E-state index in [0.29, 0.717) is 24.8 Å². The highest BCUT2D eigenvalue weighted by molar-refractivity contribution is 5.87. The van der Waals surface area contributed by atoms with Gasteiger partial charge in [-0.25, -0.2) is 19.6 Å². The zero-order valence-corrected chi connectivity index (χ0v) is 40.8. The van der Waals surface area contributed by atoms with Gasteiger partial charge in [0.1, 0.15) is 23.7 Å². The highest BCUT2D eigenvalue weighted by Crippen LogP contribution is 2.39. The first-order valence-corrected chi connectivity index (χ1v) is 25.0. The molecule has 15 heteroatoms. The van der Waals surface area contributed by atoms with Gasteiger partial charge in [-0.3, -0.25) is 9.59 Å². The number of rotatable bonds is 14. The first-order chi connectivity index (χ1) is 33.9. The topological polar surface area (TPSA) is 191 Å². The Balaban J connectivity index is 0.971. The van der Waals surface area contributed by atoms with E-state index in [1.807, 2.05) is 45.0 Å². The molecule has 1 aliphatic carbocycles. The summed E-state index contributed by atoms with van der Waals surface area (Å²) >= 11 is 0. The molecule has 2 saturated heterocycles. The predicted octanol–water partition coefficient (Wildman–Crippen LogP) is 10.6. The monoisotopic (exact) mass is 948 g/mol. The Morgan fingerprint density at radius 3 is 1.50 bits per heavy atom. The number of nitrogens with zero attached hydrogens (tertiary/aromatic N) is 5. The highest BCUT2D eigenvalue weighted by Gasteiger charge is 2.39. The largest absolute Gasteiger partial charge is 0.465 e. The second kappa shape index (κ2) is 20.8. The van der Waals surface area contributed by atoms with E-state index in [1.54, 1.807) is 4.90 Å². The summed E-state index contributed by atoms with van der Waals surface area (Å²) in [5.74, 6) is 1.32. The van der Waals surface area contributed by atoms with Gasteiger partial charge < -0.3 is 44.8 Å². The summed E-state index contributed by atoms with van der Waals surface area (Å²) < 4.78 is 7.14. The van der Waals surface area contributed by atoms with Crippen LogP contribution in [0.15, 0.2) is 97.3 Å². The number of nitrogens with one attached hydrogen (secondary N) is 4. The van der Waals surface area contributed by atoms with Crippen molar-refractivity contribution in [1.82, 2.24) is 44.9 Å². The first kappa shape index (κ1) is 47.9. The van der Waals surface area contributed by atoms with Gasteiger partial charge in [-0.05, 0) is 108 Å². The number of carboxylic acid groups (broad SMARTS) is 1. The smallest absolute Gasteiger partial charge is 0.407 e. The lowest BCUT2D eigenvalue weighted by Crippen LogP contribution is -2.51. The third-order valence-corrected chi connectivity index (χ3v) is 14.6. The van der Waals surface area contributed by atoms with E-state index in [0.717, 1.165) is 82.2 Å². The average Bonchev–Trinajstić information content (AvgIpc) is 4.24. The molecule has 0 unspecified atom stereocenters. The van der Waals surface area contributed by atoms with Crippen LogP contribution in [0.2, 0.25) is 0 Å². The van der Waals surface area contributed by atoms with Crippen LogP contribution in [-0.2, 0) is 14.3 Å². The van der Waals surface area contributed by atoms with Gasteiger partial charge in [-0.1, -0.05) is 108 Å². The van der Waals surface area contributed by atoms with Crippen LogP contribution < -0.4 is 10.6 Å². The number of ether oxygens (including phenoxy) is 1. The lowest BCUT2D eigenvalue weighted by Gasteiger charge is -2.30. The number of aromatic amines is 2. The quantitative estimate of drug-likeness (QED) is 0.0712. The second-order valence-electron chi connectivity index (χ2n) is 19.8. The molecule has 1 saturated carbocycles. The zero-order valence-electron chi connectivity index (χ0n) is 40.8. The van der Waals surface area contributed by atoms with Crippen molar-refractivity contribution >= 4 is 24.0 Å². The van der Waals surface area contributed by atoms with Crippen molar-refractivity contribution in [2.45, 2.75) is 116 Å². The third kappa shape index (κ3) is 9.97. The molecule has 0 spiro atoms. The van der Waals surface area contributed by atoms with Gasteiger partial charge in [0.05, 0.1) is 54.4 Å². The van der Waals surface area contributed by atoms with Crippen LogP contribution in [0.1, 0.15) is 121 Å². The van der Waals surface area contributed by atoms with E-state index < -0.39 is 24.3 Å². The SMILES string of the molecule is COC(=O)N[C@H](C(=O)N1CCC[C@H]1c1ncc(-c2ccc(-c3ccc(-c4ccc(-c5cnc([C@@H]6CCCN6C(=O)[C@@H](NC(=O)O)C(C)C)[nH]5)cc4)n3-c3ccc(C4CCCCC4)cc3)cc2)[nH]1)C(C)C. The molecule has 3 fully saturated rings. The Morgan fingerprint density at radius 1 is 0.600 bits per heavy atom. The third-order valence-electron chi connectivity index (χ3n) is 14.6. The first-order valence-electron chi connectivity index (χ1n) is 25.0. The molecule has 3 aromatic heterocycles. The van der Waals surface area contributed by atoms with Crippen LogP contribution in [0.25, 0.3) is 50.7 Å². The van der Waals surface area contributed by atoms with Gasteiger partial charge in [0.25, 0.3) is 0 Å². The Morgan fingerprint density at radius 2 is 1.06 bits per heavy atom. The Labute approximate surface area is 409 Å². The summed E-state index contributed by atoms with van der Waals surface area (Å²) in [6.07, 6.45) is 11.3. The maximum absolute atomic E-state index is 13.8. The molecular weight excluding hydrogens is 883 g/mol. The number of aromatic nitrogens is 5. The second-order valence-corrected chi connectivity index (χ2v) is 19.8. The fraction of sp³-hybridized carbons (Fsp3) is 0.418. The van der Waals surface area contributed by atoms with Gasteiger partial charge in [-0.15, -0.1) is 0 Å². The number of amides is 4. The highest BCUT2D eigenvalue weighted by atomic mass is 16.5. The van der Waals surface area contributed by atoms with Crippen molar-refractivity contribution in [3.63, 3.8) is 0 Å². The number of methoxy groups -OCH3 is 1. The van der Waals surface area contributed by atoms with Crippen molar-refractivity contribution in [2.24, 2.45) is 11.8 Å². The van der Waals surface area contributed by atoms with Crippen molar-refractivity contribution in [3.8, 4) is 50.7 Å². The van der Waals surface area contributed by atoms with Crippen LogP contribution in [0.4, 0.5) is 9.59 Å². The van der Waals surface area contributed by atoms with Crippen LogP contribution in [0.3, 0.4) is 0 Å². The fourth-order valence-corrected chi connectivity index (χ4v) is 10.8. The van der Waals surface area contributed by atoms with Crippen molar-refractivity contribution < 1.29 is 29.0 Å². The molecule has 0 radical (unpaired) electrons. The Kier molecular flexibility index (Phi) is 14.2. The van der Waals surface area contributed by atoms with E-state index >= 15 is 0 Å². The van der Waals surface area contributed by atoms with E-state index in [-0.39, 0.29) is 35.7 Å². The fourth-order valence-electron chi connectivity index (χ4n) is 10.8. The summed E-state index contributed by atoms with van der Waals surface area (Å²) in [6.45, 7) is 8.64. The molecule has 4 atom stereocenters. The maximum Gasteiger partial charge on any atom is 0.407 e. The van der Waals surface area contributed by atoms with Crippen LogP contribution in [-0.4, -0.2) is 95.7 Å². The zero-order chi connectivity index (χ0) is 49.1. The molecule has 0 bridgehead atoms. The van der Waals surface area contributed by atoms with Gasteiger partial charge >= 0.3 is 12.2 Å². The van der Waals surface area contributed by atoms with Crippen molar-refractivity contribution in [1.29, 1.82) is 0 Å². The van der Waals surface area contributed by atoms with Crippen LogP contribution >= 0.6 is 0 Å². The molecule has 6 aromatic rings. The molecule has 366 valence electrons. The molecule has 70 heavy (non-hydrogen) atoms. The normalized spacial score (nSPS) is 18.3. The number of imidazole rings is 2. The van der Waals surface area contributed by atoms with E-state index in [2.05, 4.69) is 110 Å². The Hall–Kier alpha value is -7.16. The minimum atomic E-state index is -1.21. The molecule has 9 rings (SSSR count). The number of carbonyl (C=O) groups excluding carboxylic acids is 3. The van der Waals surface area contributed by atoms with E-state index in [9.17, 15) is 24.3 Å². The van der Waals surface area contributed by atoms with Gasteiger partial charge in [-0.2, -0.15) is 0 Å². The summed E-state index contributed by atoms with van der Waals surface area (Å²) in [5.41, 5.74) is 10.3. The minimum absolute atomic E-state index is 0.119. The molecular formula is C55H65N9O6. The number of benzene rings is 3. The molecule has 2 aliphatic heterocycles. The summed E-state index contributed by atoms with van der Waals surface area (Å²) in [7, 11) is 1.30. The standard InChI is InChI=1S/C55H65N9O6/c1-33(2)48(60-54(67)68)52(65)62-29-9-13-46(62)50-56-31-42(58-50)37-15-19-39(20-16-37)44-27-28-45(64(44)41-25-23-36(24-26-41)35-11-7-6-8-12-35)40-21-17-38(18-22-40)43-32-57-51(59-43)47-14-10-30-63(47)53(66)49(34(3)4)61-55(69)70-5/h15-28,31-35,46-49,60H,6-14,29-30H2,1-5H3,(H,56,58)(H,57,59)(H,61,69)(H,67,68)/t46-,47-,48-,49-/m0/s1. The van der Waals surface area contributed by atoms with Crippen LogP contribution in [0.5, 0.6) is 0 Å². The molecule has 15 nitrogen and oxygen atoms in total.